The van der Waals surface area contributed by atoms with E-state index in [2.05, 4.69) is 9.97 Å². The number of methoxy groups -OCH3 is 1. The quantitative estimate of drug-likeness (QED) is 0.906. The summed E-state index contributed by atoms with van der Waals surface area (Å²) >= 11 is 1.40. The molecular formula is C12H14N4O2S. The predicted octanol–water partition coefficient (Wildman–Crippen LogP) is 1.01. The highest BCUT2D eigenvalue weighted by Gasteiger charge is 2.31. The number of carbonyl (C=O) groups is 1. The van der Waals surface area contributed by atoms with Crippen LogP contribution >= 0.6 is 11.3 Å². The topological polar surface area (TPSA) is 81.3 Å². The molecule has 3 heterocycles. The Morgan fingerprint density at radius 1 is 1.53 bits per heavy atom. The number of amides is 1. The number of nitrogens with zero attached hydrogens (tertiary/aromatic N) is 3. The Balaban J connectivity index is 1.95. The van der Waals surface area contributed by atoms with Crippen molar-refractivity contribution in [1.29, 1.82) is 0 Å². The van der Waals surface area contributed by atoms with E-state index in [1.165, 1.54) is 11.3 Å². The number of ether oxygens (including phenoxy) is 1. The Bertz CT molecular complexity index is 627. The third kappa shape index (κ3) is 2.15. The van der Waals surface area contributed by atoms with Crippen LogP contribution in [0, 0.1) is 5.92 Å². The van der Waals surface area contributed by atoms with Crippen LogP contribution in [-0.2, 0) is 4.79 Å². The second-order valence-corrected chi connectivity index (χ2v) is 5.44. The molecule has 6 nitrogen and oxygen atoms in total. The molecule has 100 valence electrons. The molecule has 1 aliphatic heterocycles. The van der Waals surface area contributed by atoms with Crippen molar-refractivity contribution in [3.8, 4) is 5.88 Å². The van der Waals surface area contributed by atoms with Crippen LogP contribution in [0.4, 0.5) is 5.13 Å². The van der Waals surface area contributed by atoms with Crippen molar-refractivity contribution in [3.05, 3.63) is 12.1 Å². The predicted molar refractivity (Wildman–Crippen MR) is 73.5 cm³/mol. The van der Waals surface area contributed by atoms with Crippen molar-refractivity contribution in [2.75, 3.05) is 25.1 Å². The van der Waals surface area contributed by atoms with Crippen molar-refractivity contribution in [1.82, 2.24) is 9.97 Å². The van der Waals surface area contributed by atoms with Crippen LogP contribution in [0.3, 0.4) is 0 Å². The molecule has 3 rings (SSSR count). The largest absolute Gasteiger partial charge is 0.481 e. The summed E-state index contributed by atoms with van der Waals surface area (Å²) in [6.07, 6.45) is 0.503. The van der Waals surface area contributed by atoms with Gasteiger partial charge in [-0.25, -0.2) is 9.97 Å². The Morgan fingerprint density at radius 3 is 3.05 bits per heavy atom. The number of hydrogen-bond acceptors (Lipinski definition) is 6. The molecule has 1 aliphatic rings. The highest BCUT2D eigenvalue weighted by atomic mass is 32.1. The fourth-order valence-electron chi connectivity index (χ4n) is 2.14. The summed E-state index contributed by atoms with van der Waals surface area (Å²) in [6, 6.07) is 3.61. The SMILES string of the molecule is COc1ccc2nc(N3CC(CN)CC3=O)sc2n1. The number of fused-ring (bicyclic) bond motifs is 1. The fourth-order valence-corrected chi connectivity index (χ4v) is 3.10. The maximum Gasteiger partial charge on any atom is 0.229 e. The Kier molecular flexibility index (Phi) is 3.08. The summed E-state index contributed by atoms with van der Waals surface area (Å²) in [4.78, 5) is 23.2. The summed E-state index contributed by atoms with van der Waals surface area (Å²) in [6.45, 7) is 1.17. The monoisotopic (exact) mass is 278 g/mol. The van der Waals surface area contributed by atoms with Gasteiger partial charge in [-0.15, -0.1) is 0 Å². The zero-order valence-electron chi connectivity index (χ0n) is 10.5. The van der Waals surface area contributed by atoms with Gasteiger partial charge in [0, 0.05) is 19.0 Å². The average Bonchev–Trinajstić information content (AvgIpc) is 3.00. The molecule has 0 spiro atoms. The summed E-state index contributed by atoms with van der Waals surface area (Å²) < 4.78 is 5.08. The zero-order valence-corrected chi connectivity index (χ0v) is 11.3. The Hall–Kier alpha value is -1.73. The third-order valence-electron chi connectivity index (χ3n) is 3.20. The fraction of sp³-hybridized carbons (Fsp3) is 0.417. The third-order valence-corrected chi connectivity index (χ3v) is 4.19. The lowest BCUT2D eigenvalue weighted by molar-refractivity contribution is -0.117. The van der Waals surface area contributed by atoms with Crippen molar-refractivity contribution >= 4 is 32.7 Å². The second-order valence-electron chi connectivity index (χ2n) is 4.48. The summed E-state index contributed by atoms with van der Waals surface area (Å²) in [7, 11) is 1.58. The maximum atomic E-state index is 11.9. The van der Waals surface area contributed by atoms with Crippen LogP contribution in [0.1, 0.15) is 6.42 Å². The maximum absolute atomic E-state index is 11.9. The normalized spacial score (nSPS) is 19.4. The van der Waals surface area contributed by atoms with E-state index in [9.17, 15) is 4.79 Å². The Labute approximate surface area is 114 Å². The molecule has 0 aliphatic carbocycles. The first kappa shape index (κ1) is 12.3. The van der Waals surface area contributed by atoms with Gasteiger partial charge in [0.2, 0.25) is 11.8 Å². The van der Waals surface area contributed by atoms with Crippen LogP contribution in [0.15, 0.2) is 12.1 Å². The number of carbonyl (C=O) groups excluding carboxylic acids is 1. The number of aromatic nitrogens is 2. The highest BCUT2D eigenvalue weighted by molar-refractivity contribution is 7.22. The van der Waals surface area contributed by atoms with Gasteiger partial charge in [-0.1, -0.05) is 11.3 Å². The lowest BCUT2D eigenvalue weighted by atomic mass is 10.1. The summed E-state index contributed by atoms with van der Waals surface area (Å²) in [5.41, 5.74) is 6.41. The zero-order chi connectivity index (χ0) is 13.4. The molecular weight excluding hydrogens is 264 g/mol. The molecule has 2 N–H and O–H groups in total. The lowest BCUT2D eigenvalue weighted by Gasteiger charge is -2.11. The van der Waals surface area contributed by atoms with Gasteiger partial charge in [0.05, 0.1) is 7.11 Å². The van der Waals surface area contributed by atoms with Gasteiger partial charge in [0.1, 0.15) is 10.3 Å². The molecule has 7 heteroatoms. The molecule has 0 bridgehead atoms. The number of pyridine rings is 1. The number of nitrogens with two attached hydrogens (primary N) is 1. The van der Waals surface area contributed by atoms with Crippen molar-refractivity contribution in [3.63, 3.8) is 0 Å². The molecule has 1 atom stereocenters. The van der Waals surface area contributed by atoms with Gasteiger partial charge in [0.15, 0.2) is 5.13 Å². The van der Waals surface area contributed by atoms with Gasteiger partial charge in [0.25, 0.3) is 0 Å². The van der Waals surface area contributed by atoms with E-state index >= 15 is 0 Å². The molecule has 1 amide bonds. The lowest BCUT2D eigenvalue weighted by Crippen LogP contribution is -2.25. The number of rotatable bonds is 3. The molecule has 1 unspecified atom stereocenters. The van der Waals surface area contributed by atoms with Gasteiger partial charge in [-0.2, -0.15) is 0 Å². The molecule has 0 saturated carbocycles. The van der Waals surface area contributed by atoms with Crippen LogP contribution in [-0.4, -0.2) is 36.1 Å². The molecule has 0 aromatic carbocycles. The van der Waals surface area contributed by atoms with E-state index in [-0.39, 0.29) is 11.8 Å². The van der Waals surface area contributed by atoms with E-state index < -0.39 is 0 Å². The molecule has 2 aromatic rings. The first-order valence-corrected chi connectivity index (χ1v) is 6.85. The van der Waals surface area contributed by atoms with E-state index in [0.29, 0.717) is 30.5 Å². The van der Waals surface area contributed by atoms with Gasteiger partial charge >= 0.3 is 0 Å². The van der Waals surface area contributed by atoms with E-state index in [1.807, 2.05) is 6.07 Å². The van der Waals surface area contributed by atoms with Crippen molar-refractivity contribution < 1.29 is 9.53 Å². The summed E-state index contributed by atoms with van der Waals surface area (Å²) in [5.74, 6) is 0.860. The van der Waals surface area contributed by atoms with E-state index in [0.717, 1.165) is 10.3 Å². The minimum atomic E-state index is 0.0847. The number of hydrogen-bond donors (Lipinski definition) is 1. The minimum absolute atomic E-state index is 0.0847. The van der Waals surface area contributed by atoms with Gasteiger partial charge in [-0.05, 0) is 18.5 Å². The van der Waals surface area contributed by atoms with Crippen molar-refractivity contribution in [2.24, 2.45) is 11.7 Å². The smallest absolute Gasteiger partial charge is 0.229 e. The van der Waals surface area contributed by atoms with E-state index in [4.69, 9.17) is 10.5 Å². The summed E-state index contributed by atoms with van der Waals surface area (Å²) in [5, 5.41) is 0.691. The second kappa shape index (κ2) is 4.75. The molecule has 19 heavy (non-hydrogen) atoms. The first-order chi connectivity index (χ1) is 9.21. The van der Waals surface area contributed by atoms with Crippen LogP contribution < -0.4 is 15.4 Å². The molecule has 1 fully saturated rings. The van der Waals surface area contributed by atoms with Gasteiger partial charge in [-0.3, -0.25) is 9.69 Å². The molecule has 1 saturated heterocycles. The number of anilines is 1. The molecule has 0 radical (unpaired) electrons. The Morgan fingerprint density at radius 2 is 2.37 bits per heavy atom. The van der Waals surface area contributed by atoms with Crippen LogP contribution in [0.5, 0.6) is 5.88 Å². The van der Waals surface area contributed by atoms with Gasteiger partial charge < -0.3 is 10.5 Å². The van der Waals surface area contributed by atoms with Crippen LogP contribution in [0.25, 0.3) is 10.3 Å². The highest BCUT2D eigenvalue weighted by Crippen LogP contribution is 2.32. The molecule has 2 aromatic heterocycles. The minimum Gasteiger partial charge on any atom is -0.481 e. The van der Waals surface area contributed by atoms with Crippen molar-refractivity contribution in [2.45, 2.75) is 6.42 Å². The average molecular weight is 278 g/mol. The van der Waals surface area contributed by atoms with Crippen LogP contribution in [0.2, 0.25) is 0 Å². The first-order valence-electron chi connectivity index (χ1n) is 6.03. The number of thiazole rings is 1. The standard InChI is InChI=1S/C12H14N4O2S/c1-18-9-3-2-8-11(15-9)19-12(14-8)16-6-7(5-13)4-10(16)17/h2-3,7H,4-6,13H2,1H3. The van der Waals surface area contributed by atoms with E-state index in [1.54, 1.807) is 18.1 Å².